The minimum atomic E-state index is -0.150. The Labute approximate surface area is 239 Å². The first-order chi connectivity index (χ1) is 20.1. The standard InChI is InChI=1S/C39H26N2/c1-39(2)30-18-10-17-27-26-15-8-13-23-14-9-16-28(34(23)26)29-21-25(22-31(39)36(29)35(27)30)38-37(24-11-4-3-5-12-24)40-32-19-6-7-20-33(32)41-38/h3-22H,1-2H3. The van der Waals surface area contributed by atoms with Crippen molar-refractivity contribution in [1.29, 1.82) is 0 Å². The van der Waals surface area contributed by atoms with E-state index in [1.165, 1.54) is 55.3 Å². The molecule has 1 heterocycles. The van der Waals surface area contributed by atoms with Crippen molar-refractivity contribution in [3.8, 4) is 55.9 Å². The van der Waals surface area contributed by atoms with Crippen LogP contribution in [0, 0.1) is 0 Å². The first kappa shape index (κ1) is 22.7. The number of nitrogens with zero attached hydrogens (tertiary/aromatic N) is 2. The van der Waals surface area contributed by atoms with Crippen LogP contribution in [-0.2, 0) is 5.41 Å². The lowest BCUT2D eigenvalue weighted by atomic mass is 9.79. The minimum absolute atomic E-state index is 0.150. The molecule has 9 rings (SSSR count). The third-order valence-electron chi connectivity index (χ3n) is 9.18. The van der Waals surface area contributed by atoms with Gasteiger partial charge in [-0.25, -0.2) is 9.97 Å². The Kier molecular flexibility index (Phi) is 4.42. The highest BCUT2D eigenvalue weighted by Gasteiger charge is 2.40. The first-order valence-corrected chi connectivity index (χ1v) is 14.3. The third-order valence-corrected chi connectivity index (χ3v) is 9.18. The van der Waals surface area contributed by atoms with E-state index in [4.69, 9.17) is 9.97 Å². The molecule has 0 amide bonds. The van der Waals surface area contributed by atoms with Crippen LogP contribution in [0.3, 0.4) is 0 Å². The maximum atomic E-state index is 5.29. The van der Waals surface area contributed by atoms with E-state index in [-0.39, 0.29) is 5.41 Å². The molecule has 2 aliphatic rings. The molecular formula is C39H26N2. The van der Waals surface area contributed by atoms with Crippen molar-refractivity contribution in [2.45, 2.75) is 19.3 Å². The van der Waals surface area contributed by atoms with Crippen molar-refractivity contribution in [1.82, 2.24) is 9.97 Å². The Morgan fingerprint density at radius 1 is 0.463 bits per heavy atom. The maximum Gasteiger partial charge on any atom is 0.0973 e. The van der Waals surface area contributed by atoms with Crippen molar-refractivity contribution < 1.29 is 0 Å². The lowest BCUT2D eigenvalue weighted by molar-refractivity contribution is 0.661. The van der Waals surface area contributed by atoms with E-state index in [0.717, 1.165) is 33.5 Å². The fourth-order valence-electron chi connectivity index (χ4n) is 7.25. The topological polar surface area (TPSA) is 25.8 Å². The third kappa shape index (κ3) is 3.02. The highest BCUT2D eigenvalue weighted by atomic mass is 14.8. The second-order valence-electron chi connectivity index (χ2n) is 11.8. The van der Waals surface area contributed by atoms with Crippen molar-refractivity contribution >= 4 is 21.8 Å². The van der Waals surface area contributed by atoms with Gasteiger partial charge in [0.15, 0.2) is 0 Å². The normalized spacial score (nSPS) is 13.8. The van der Waals surface area contributed by atoms with Crippen LogP contribution >= 0.6 is 0 Å². The van der Waals surface area contributed by atoms with E-state index in [1.807, 2.05) is 18.2 Å². The van der Waals surface area contributed by atoms with E-state index in [2.05, 4.69) is 117 Å². The van der Waals surface area contributed by atoms with Crippen LogP contribution < -0.4 is 0 Å². The molecule has 1 aromatic heterocycles. The summed E-state index contributed by atoms with van der Waals surface area (Å²) in [6.45, 7) is 4.74. The van der Waals surface area contributed by atoms with Gasteiger partial charge in [0, 0.05) is 16.5 Å². The van der Waals surface area contributed by atoms with Crippen LogP contribution in [0.1, 0.15) is 25.0 Å². The molecule has 0 radical (unpaired) electrons. The number of hydrogen-bond donors (Lipinski definition) is 0. The lowest BCUT2D eigenvalue weighted by Gasteiger charge is -2.24. The number of benzene rings is 6. The SMILES string of the molecule is CC1(C)c2cccc3c2-c2c(cc(-c4nc5ccccc5nc4-c4ccccc4)cc21)-c1cccc2cccc-3c12. The molecule has 0 saturated carbocycles. The molecule has 0 bridgehead atoms. The smallest absolute Gasteiger partial charge is 0.0973 e. The quantitative estimate of drug-likeness (QED) is 0.226. The van der Waals surface area contributed by atoms with Gasteiger partial charge < -0.3 is 0 Å². The zero-order valence-electron chi connectivity index (χ0n) is 22.9. The highest BCUT2D eigenvalue weighted by molar-refractivity contribution is 6.16. The van der Waals surface area contributed by atoms with Gasteiger partial charge in [-0.3, -0.25) is 0 Å². The van der Waals surface area contributed by atoms with Gasteiger partial charge >= 0.3 is 0 Å². The number of aromatic nitrogens is 2. The highest BCUT2D eigenvalue weighted by Crippen LogP contribution is 2.59. The summed E-state index contributed by atoms with van der Waals surface area (Å²) in [4.78, 5) is 10.5. The molecule has 41 heavy (non-hydrogen) atoms. The van der Waals surface area contributed by atoms with Crippen LogP contribution in [0.15, 0.2) is 121 Å². The Hall–Kier alpha value is -5.08. The molecule has 7 aromatic rings. The van der Waals surface area contributed by atoms with Gasteiger partial charge in [-0.2, -0.15) is 0 Å². The monoisotopic (exact) mass is 522 g/mol. The van der Waals surface area contributed by atoms with Gasteiger partial charge in [0.05, 0.1) is 22.4 Å². The number of para-hydroxylation sites is 2. The van der Waals surface area contributed by atoms with Gasteiger partial charge in [-0.05, 0) is 79.5 Å². The van der Waals surface area contributed by atoms with Crippen molar-refractivity contribution in [3.63, 3.8) is 0 Å². The Morgan fingerprint density at radius 3 is 1.78 bits per heavy atom. The van der Waals surface area contributed by atoms with Crippen molar-refractivity contribution in [3.05, 3.63) is 132 Å². The van der Waals surface area contributed by atoms with E-state index < -0.39 is 0 Å². The molecular weight excluding hydrogens is 496 g/mol. The largest absolute Gasteiger partial charge is 0.244 e. The number of fused-ring (bicyclic) bond motifs is 3. The summed E-state index contributed by atoms with van der Waals surface area (Å²) in [6.07, 6.45) is 0. The van der Waals surface area contributed by atoms with Crippen LogP contribution in [0.5, 0.6) is 0 Å². The van der Waals surface area contributed by atoms with Gasteiger partial charge in [0.1, 0.15) is 0 Å². The van der Waals surface area contributed by atoms with E-state index in [9.17, 15) is 0 Å². The number of rotatable bonds is 2. The predicted molar refractivity (Wildman–Crippen MR) is 170 cm³/mol. The Bertz CT molecular complexity index is 2220. The van der Waals surface area contributed by atoms with Crippen LogP contribution in [-0.4, -0.2) is 9.97 Å². The van der Waals surface area contributed by atoms with Crippen molar-refractivity contribution in [2.24, 2.45) is 0 Å². The fraction of sp³-hybridized carbons (Fsp3) is 0.0769. The summed E-state index contributed by atoms with van der Waals surface area (Å²) >= 11 is 0. The molecule has 0 spiro atoms. The Morgan fingerprint density at radius 2 is 1.05 bits per heavy atom. The first-order valence-electron chi connectivity index (χ1n) is 14.3. The summed E-state index contributed by atoms with van der Waals surface area (Å²) in [5.41, 5.74) is 16.4. The van der Waals surface area contributed by atoms with Gasteiger partial charge in [0.2, 0.25) is 0 Å². The summed E-state index contributed by atoms with van der Waals surface area (Å²) in [5.74, 6) is 0. The number of hydrogen-bond acceptors (Lipinski definition) is 2. The predicted octanol–water partition coefficient (Wildman–Crippen LogP) is 10.1. The van der Waals surface area contributed by atoms with Crippen molar-refractivity contribution in [2.75, 3.05) is 0 Å². The molecule has 0 atom stereocenters. The summed E-state index contributed by atoms with van der Waals surface area (Å²) < 4.78 is 0. The summed E-state index contributed by atoms with van der Waals surface area (Å²) in [7, 11) is 0. The molecule has 0 saturated heterocycles. The zero-order chi connectivity index (χ0) is 27.3. The average molecular weight is 523 g/mol. The summed E-state index contributed by atoms with van der Waals surface area (Å²) in [6, 6.07) is 43.7. The second-order valence-corrected chi connectivity index (χ2v) is 11.8. The molecule has 0 N–H and O–H groups in total. The van der Waals surface area contributed by atoms with Crippen LogP contribution in [0.4, 0.5) is 0 Å². The molecule has 0 unspecified atom stereocenters. The van der Waals surface area contributed by atoms with E-state index in [0.29, 0.717) is 0 Å². The minimum Gasteiger partial charge on any atom is -0.244 e. The van der Waals surface area contributed by atoms with Gasteiger partial charge in [-0.1, -0.05) is 111 Å². The fourth-order valence-corrected chi connectivity index (χ4v) is 7.25. The molecule has 0 aliphatic heterocycles. The molecule has 2 nitrogen and oxygen atoms in total. The van der Waals surface area contributed by atoms with E-state index in [1.54, 1.807) is 0 Å². The maximum absolute atomic E-state index is 5.29. The second kappa shape index (κ2) is 7.99. The molecule has 192 valence electrons. The van der Waals surface area contributed by atoms with E-state index >= 15 is 0 Å². The average Bonchev–Trinajstić information content (AvgIpc) is 3.18. The van der Waals surface area contributed by atoms with Crippen LogP contribution in [0.2, 0.25) is 0 Å². The zero-order valence-corrected chi connectivity index (χ0v) is 22.9. The molecule has 2 aliphatic carbocycles. The Balaban J connectivity index is 1.45. The molecule has 2 heteroatoms. The van der Waals surface area contributed by atoms with Crippen LogP contribution in [0.25, 0.3) is 77.7 Å². The molecule has 6 aromatic carbocycles. The van der Waals surface area contributed by atoms with Gasteiger partial charge in [0.25, 0.3) is 0 Å². The van der Waals surface area contributed by atoms with Gasteiger partial charge in [-0.15, -0.1) is 0 Å². The molecule has 0 fully saturated rings. The lowest BCUT2D eigenvalue weighted by Crippen LogP contribution is -2.15. The summed E-state index contributed by atoms with van der Waals surface area (Å²) in [5, 5.41) is 2.59.